The van der Waals surface area contributed by atoms with E-state index in [0.717, 1.165) is 29.8 Å². The van der Waals surface area contributed by atoms with E-state index in [0.29, 0.717) is 19.4 Å². The first-order valence-corrected chi connectivity index (χ1v) is 10.5. The fourth-order valence-corrected chi connectivity index (χ4v) is 2.55. The Kier molecular flexibility index (Phi) is 16.7. The summed E-state index contributed by atoms with van der Waals surface area (Å²) >= 11 is 0. The Hall–Kier alpha value is -2.66. The molecule has 0 spiro atoms. The molecule has 0 saturated heterocycles. The van der Waals surface area contributed by atoms with Gasteiger partial charge in [-0.15, -0.1) is 0 Å². The zero-order chi connectivity index (χ0) is 22.6. The summed E-state index contributed by atoms with van der Waals surface area (Å²) in [5.41, 5.74) is 8.43. The first-order chi connectivity index (χ1) is 14.6. The normalized spacial score (nSPS) is 13.1. The molecule has 0 aliphatic heterocycles. The molecule has 164 valence electrons. The molecular weight excluding hydrogens is 370 g/mol. The maximum absolute atomic E-state index is 10.3. The second-order valence-corrected chi connectivity index (χ2v) is 6.32. The fraction of sp³-hybridized carbons (Fsp3) is 0.308. The minimum Gasteiger partial charge on any atom is -0.393 e. The van der Waals surface area contributed by atoms with Gasteiger partial charge in [-0.1, -0.05) is 87.7 Å². The van der Waals surface area contributed by atoms with Crippen LogP contribution in [-0.2, 0) is 0 Å². The molecule has 0 fully saturated rings. The van der Waals surface area contributed by atoms with Crippen LogP contribution in [0.3, 0.4) is 0 Å². The predicted molar refractivity (Wildman–Crippen MR) is 133 cm³/mol. The molecule has 0 aromatic heterocycles. The van der Waals surface area contributed by atoms with E-state index in [-0.39, 0.29) is 0 Å². The largest absolute Gasteiger partial charge is 0.393 e. The highest BCUT2D eigenvalue weighted by Crippen LogP contribution is 2.16. The van der Waals surface area contributed by atoms with E-state index in [4.69, 9.17) is 11.6 Å². The molecule has 4 heteroatoms. The molecule has 4 nitrogen and oxygen atoms in total. The summed E-state index contributed by atoms with van der Waals surface area (Å²) in [5, 5.41) is 11.8. The van der Waals surface area contributed by atoms with Crippen molar-refractivity contribution >= 4 is 5.69 Å². The third-order valence-corrected chi connectivity index (χ3v) is 4.15. The fourth-order valence-electron chi connectivity index (χ4n) is 2.55. The van der Waals surface area contributed by atoms with E-state index in [1.54, 1.807) is 17.2 Å². The van der Waals surface area contributed by atoms with Crippen molar-refractivity contribution in [2.24, 2.45) is 11.6 Å². The quantitative estimate of drug-likeness (QED) is 0.172. The number of nitrogens with two attached hydrogens (primary N) is 2. The lowest BCUT2D eigenvalue weighted by Crippen LogP contribution is -2.33. The van der Waals surface area contributed by atoms with Crippen LogP contribution >= 0.6 is 0 Å². The number of benzene rings is 1. The predicted octanol–water partition coefficient (Wildman–Crippen LogP) is 5.57. The molecule has 0 aliphatic rings. The summed E-state index contributed by atoms with van der Waals surface area (Å²) in [6, 6.07) is 9.63. The molecule has 0 aliphatic carbocycles. The van der Waals surface area contributed by atoms with E-state index in [1.165, 1.54) is 0 Å². The molecule has 0 heterocycles. The molecule has 1 rings (SSSR count). The number of anilines is 1. The Bertz CT molecular complexity index is 702. The third-order valence-electron chi connectivity index (χ3n) is 4.15. The zero-order valence-electron chi connectivity index (χ0n) is 18.6. The monoisotopic (exact) mass is 409 g/mol. The van der Waals surface area contributed by atoms with Crippen LogP contribution < -0.4 is 16.6 Å². The van der Waals surface area contributed by atoms with Gasteiger partial charge in [-0.3, -0.25) is 5.01 Å². The highest BCUT2D eigenvalue weighted by atomic mass is 16.3. The van der Waals surface area contributed by atoms with Crippen LogP contribution in [0.1, 0.15) is 39.5 Å². The number of hydrogen-bond donors (Lipinski definition) is 3. The van der Waals surface area contributed by atoms with Gasteiger partial charge in [0, 0.05) is 12.2 Å². The van der Waals surface area contributed by atoms with E-state index in [2.05, 4.69) is 25.3 Å². The maximum Gasteiger partial charge on any atom is 0.0583 e. The van der Waals surface area contributed by atoms with E-state index < -0.39 is 6.10 Å². The van der Waals surface area contributed by atoms with Gasteiger partial charge >= 0.3 is 0 Å². The van der Waals surface area contributed by atoms with Gasteiger partial charge in [-0.05, 0) is 49.5 Å². The first-order valence-electron chi connectivity index (χ1n) is 10.5. The molecule has 0 saturated carbocycles. The molecule has 0 radical (unpaired) electrons. The number of aliphatic hydroxyl groups is 1. The van der Waals surface area contributed by atoms with Gasteiger partial charge in [0.05, 0.1) is 11.8 Å². The number of hydrazine groups is 1. The third kappa shape index (κ3) is 12.0. The number of aliphatic hydroxyl groups excluding tert-OH is 1. The SMILES string of the molecule is C=C/C=C\C/C=C\CCC(O)C/C(C=C)=C/C=C(\CN)N(N)c1ccccc1.CC. The minimum absolute atomic E-state index is 0.306. The standard InChI is InChI=1S/C24H33N3O.C2H6/c1-3-5-6-7-8-9-13-16-24(28)19-21(4-2)17-18-23(20-25)27(26)22-14-11-10-12-15-22;1-2/h3-6,8-12,14-15,17-18,24,28H,1-2,7,13,16,19-20,25-26H2;1-2H3/b6-5-,9-8-,21-17+,23-18+;. The smallest absolute Gasteiger partial charge is 0.0583 e. The molecule has 0 bridgehead atoms. The highest BCUT2D eigenvalue weighted by Gasteiger charge is 2.07. The van der Waals surface area contributed by atoms with Gasteiger partial charge in [0.1, 0.15) is 0 Å². The van der Waals surface area contributed by atoms with Crippen LogP contribution in [0.25, 0.3) is 0 Å². The Morgan fingerprint density at radius 2 is 1.80 bits per heavy atom. The summed E-state index contributed by atoms with van der Waals surface area (Å²) < 4.78 is 0. The van der Waals surface area contributed by atoms with Gasteiger partial charge in [0.25, 0.3) is 0 Å². The molecule has 1 unspecified atom stereocenters. The van der Waals surface area contributed by atoms with Crippen LogP contribution in [0.4, 0.5) is 5.69 Å². The number of nitrogens with zero attached hydrogens (tertiary/aromatic N) is 1. The van der Waals surface area contributed by atoms with E-state index in [9.17, 15) is 5.11 Å². The van der Waals surface area contributed by atoms with Crippen molar-refractivity contribution in [2.75, 3.05) is 11.6 Å². The first kappa shape index (κ1) is 27.3. The Morgan fingerprint density at radius 1 is 1.10 bits per heavy atom. The molecule has 30 heavy (non-hydrogen) atoms. The van der Waals surface area contributed by atoms with Crippen LogP contribution in [0.5, 0.6) is 0 Å². The lowest BCUT2D eigenvalue weighted by atomic mass is 10.0. The molecule has 1 aromatic carbocycles. The molecular formula is C26H39N3O. The summed E-state index contributed by atoms with van der Waals surface area (Å²) in [6.07, 6.45) is 18.0. The lowest BCUT2D eigenvalue weighted by molar-refractivity contribution is 0.167. The minimum atomic E-state index is -0.421. The van der Waals surface area contributed by atoms with E-state index in [1.807, 2.05) is 68.5 Å². The Labute approximate surface area is 183 Å². The zero-order valence-corrected chi connectivity index (χ0v) is 18.6. The van der Waals surface area contributed by atoms with Crippen molar-refractivity contribution in [1.82, 2.24) is 0 Å². The van der Waals surface area contributed by atoms with Gasteiger partial charge < -0.3 is 10.8 Å². The second kappa shape index (κ2) is 18.4. The van der Waals surface area contributed by atoms with Gasteiger partial charge in [0.2, 0.25) is 0 Å². The summed E-state index contributed by atoms with van der Waals surface area (Å²) in [6.45, 7) is 11.8. The van der Waals surface area contributed by atoms with Crippen molar-refractivity contribution in [3.63, 3.8) is 0 Å². The van der Waals surface area contributed by atoms with Crippen LogP contribution in [0, 0.1) is 0 Å². The number of allylic oxidation sites excluding steroid dienone is 8. The van der Waals surface area contributed by atoms with Crippen LogP contribution in [0.2, 0.25) is 0 Å². The highest BCUT2D eigenvalue weighted by molar-refractivity contribution is 5.51. The second-order valence-electron chi connectivity index (χ2n) is 6.32. The molecule has 1 aromatic rings. The lowest BCUT2D eigenvalue weighted by Gasteiger charge is -2.21. The van der Waals surface area contributed by atoms with Gasteiger partial charge in [0.15, 0.2) is 0 Å². The number of hydrogen-bond acceptors (Lipinski definition) is 4. The maximum atomic E-state index is 10.3. The molecule has 5 N–H and O–H groups in total. The average molecular weight is 410 g/mol. The van der Waals surface area contributed by atoms with Crippen molar-refractivity contribution in [3.05, 3.63) is 103 Å². The Morgan fingerprint density at radius 3 is 2.40 bits per heavy atom. The van der Waals surface area contributed by atoms with Crippen LogP contribution in [0.15, 0.2) is 103 Å². The Balaban J connectivity index is 0.00000407. The molecule has 0 amide bonds. The van der Waals surface area contributed by atoms with Crippen molar-refractivity contribution in [3.8, 4) is 0 Å². The average Bonchev–Trinajstić information content (AvgIpc) is 2.79. The van der Waals surface area contributed by atoms with Crippen molar-refractivity contribution in [2.45, 2.75) is 45.6 Å². The summed E-state index contributed by atoms with van der Waals surface area (Å²) in [4.78, 5) is 0. The number of para-hydroxylation sites is 1. The molecule has 1 atom stereocenters. The van der Waals surface area contributed by atoms with E-state index >= 15 is 0 Å². The summed E-state index contributed by atoms with van der Waals surface area (Å²) in [5.74, 6) is 6.17. The van der Waals surface area contributed by atoms with Crippen LogP contribution in [-0.4, -0.2) is 17.8 Å². The van der Waals surface area contributed by atoms with Crippen molar-refractivity contribution < 1.29 is 5.11 Å². The van der Waals surface area contributed by atoms with Gasteiger partial charge in [-0.25, -0.2) is 5.84 Å². The van der Waals surface area contributed by atoms with Crippen molar-refractivity contribution in [1.29, 1.82) is 0 Å². The topological polar surface area (TPSA) is 75.5 Å². The number of rotatable bonds is 13. The van der Waals surface area contributed by atoms with Gasteiger partial charge in [-0.2, -0.15) is 0 Å². The summed E-state index contributed by atoms with van der Waals surface area (Å²) in [7, 11) is 0.